The molecule has 0 amide bonds. The molecule has 3 rings (SSSR count). The highest BCUT2D eigenvalue weighted by Crippen LogP contribution is 2.46. The third-order valence-electron chi connectivity index (χ3n) is 7.55. The SMILES string of the molecule is CCCCCCCCCCCCCCCCOP(=O)(O)OC[C@H]1O[C@@H](n2cnc3c(N)ncnc32)C[C@@]1(O)C(=O)O. The highest BCUT2D eigenvalue weighted by molar-refractivity contribution is 7.47. The molecule has 1 saturated heterocycles. The quantitative estimate of drug-likeness (QED) is 0.109. The number of carbonyl (C=O) groups is 1. The van der Waals surface area contributed by atoms with Crippen LogP contribution in [-0.2, 0) is 23.1 Å². The minimum absolute atomic E-state index is 0.0330. The van der Waals surface area contributed by atoms with Crippen molar-refractivity contribution < 1.29 is 38.3 Å². The number of carboxylic acids is 1. The van der Waals surface area contributed by atoms with Crippen molar-refractivity contribution in [3.63, 3.8) is 0 Å². The van der Waals surface area contributed by atoms with E-state index in [1.807, 2.05) is 0 Å². The van der Waals surface area contributed by atoms with Crippen molar-refractivity contribution in [1.82, 2.24) is 19.5 Å². The fourth-order valence-corrected chi connectivity index (χ4v) is 5.83. The molecular weight excluding hydrogens is 553 g/mol. The Hall–Kier alpha value is -2.15. The van der Waals surface area contributed by atoms with E-state index in [0.29, 0.717) is 17.6 Å². The lowest BCUT2D eigenvalue weighted by Crippen LogP contribution is -2.48. The predicted octanol–water partition coefficient (Wildman–Crippen LogP) is 5.13. The zero-order chi connectivity index (χ0) is 29.7. The van der Waals surface area contributed by atoms with E-state index in [2.05, 4.69) is 21.9 Å². The summed E-state index contributed by atoms with van der Waals surface area (Å²) in [4.78, 5) is 34.1. The maximum absolute atomic E-state index is 12.4. The number of anilines is 1. The lowest BCUT2D eigenvalue weighted by atomic mass is 9.95. The largest absolute Gasteiger partial charge is 0.479 e. The summed E-state index contributed by atoms with van der Waals surface area (Å²) in [6.07, 6.45) is 16.5. The lowest BCUT2D eigenvalue weighted by Gasteiger charge is -2.24. The first-order chi connectivity index (χ1) is 19.7. The zero-order valence-electron chi connectivity index (χ0n) is 24.0. The summed E-state index contributed by atoms with van der Waals surface area (Å²) in [5.41, 5.74) is 4.01. The van der Waals surface area contributed by atoms with Gasteiger partial charge in [-0.1, -0.05) is 90.4 Å². The highest BCUT2D eigenvalue weighted by Gasteiger charge is 2.55. The van der Waals surface area contributed by atoms with E-state index < -0.39 is 38.3 Å². The van der Waals surface area contributed by atoms with Gasteiger partial charge in [-0.25, -0.2) is 24.3 Å². The van der Waals surface area contributed by atoms with Crippen molar-refractivity contribution in [3.8, 4) is 0 Å². The maximum atomic E-state index is 12.4. The smallest absolute Gasteiger partial charge is 0.472 e. The van der Waals surface area contributed by atoms with E-state index in [0.717, 1.165) is 19.3 Å². The second-order valence-corrected chi connectivity index (χ2v) is 12.2. The Morgan fingerprint density at radius 3 is 2.20 bits per heavy atom. The Balaban J connectivity index is 1.32. The normalized spacial score (nSPS) is 22.3. The van der Waals surface area contributed by atoms with Gasteiger partial charge in [0, 0.05) is 6.42 Å². The number of fused-ring (bicyclic) bond motifs is 1. The summed E-state index contributed by atoms with van der Waals surface area (Å²) >= 11 is 0. The van der Waals surface area contributed by atoms with Crippen molar-refractivity contribution in [1.29, 1.82) is 0 Å². The van der Waals surface area contributed by atoms with Crippen LogP contribution >= 0.6 is 7.82 Å². The molecule has 13 nitrogen and oxygen atoms in total. The molecule has 2 aromatic heterocycles. The third kappa shape index (κ3) is 9.97. The van der Waals surface area contributed by atoms with Gasteiger partial charge in [-0.15, -0.1) is 0 Å². The number of nitrogens with two attached hydrogens (primary N) is 1. The molecule has 4 atom stereocenters. The molecule has 5 N–H and O–H groups in total. The fourth-order valence-electron chi connectivity index (χ4n) is 5.07. The third-order valence-corrected chi connectivity index (χ3v) is 8.53. The first-order valence-electron chi connectivity index (χ1n) is 14.8. The van der Waals surface area contributed by atoms with Crippen LogP contribution in [0, 0.1) is 0 Å². The van der Waals surface area contributed by atoms with Crippen LogP contribution in [0.3, 0.4) is 0 Å². The standard InChI is InChI=1S/C27H46N5O8P/c1-2-3-4-5-6-7-8-9-10-11-12-13-14-15-16-38-41(36,37)39-18-21-27(35,26(33)34)17-22(40-21)32-20-31-23-24(28)29-19-30-25(23)32/h19-22,35H,2-18H2,1H3,(H,33,34)(H,36,37)(H2,28,29,30)/t21-,22-,27+/m1/s1. The van der Waals surface area contributed by atoms with Gasteiger partial charge >= 0.3 is 13.8 Å². The van der Waals surface area contributed by atoms with E-state index in [1.165, 1.54) is 81.4 Å². The minimum atomic E-state index is -4.48. The molecule has 3 heterocycles. The summed E-state index contributed by atoms with van der Waals surface area (Å²) < 4.78 is 29.6. The molecule has 0 radical (unpaired) electrons. The van der Waals surface area contributed by atoms with Crippen LogP contribution in [0.1, 0.15) is 109 Å². The number of imidazole rings is 1. The molecule has 14 heteroatoms. The second-order valence-electron chi connectivity index (χ2n) is 10.8. The first-order valence-corrected chi connectivity index (χ1v) is 16.3. The van der Waals surface area contributed by atoms with Crippen LogP contribution in [0.2, 0.25) is 0 Å². The van der Waals surface area contributed by atoms with E-state index in [9.17, 15) is 24.5 Å². The van der Waals surface area contributed by atoms with Gasteiger partial charge in [-0.2, -0.15) is 0 Å². The van der Waals surface area contributed by atoms with Gasteiger partial charge in [-0.05, 0) is 6.42 Å². The number of aliphatic hydroxyl groups is 1. The lowest BCUT2D eigenvalue weighted by molar-refractivity contribution is -0.166. The molecule has 0 bridgehead atoms. The Labute approximate surface area is 241 Å². The monoisotopic (exact) mass is 599 g/mol. The van der Waals surface area contributed by atoms with E-state index in [4.69, 9.17) is 19.5 Å². The van der Waals surface area contributed by atoms with E-state index >= 15 is 0 Å². The zero-order valence-corrected chi connectivity index (χ0v) is 24.9. The number of aliphatic carboxylic acids is 1. The number of phosphoric acid groups is 1. The molecule has 1 unspecified atom stereocenters. The number of hydrogen-bond acceptors (Lipinski definition) is 10. The van der Waals surface area contributed by atoms with Gasteiger partial charge in [-0.3, -0.25) is 13.6 Å². The van der Waals surface area contributed by atoms with Crippen LogP contribution < -0.4 is 5.73 Å². The van der Waals surface area contributed by atoms with E-state index in [1.54, 1.807) is 0 Å². The van der Waals surface area contributed by atoms with Crippen molar-refractivity contribution in [3.05, 3.63) is 12.7 Å². The number of carboxylic acid groups (broad SMARTS) is 1. The highest BCUT2D eigenvalue weighted by atomic mass is 31.2. The Morgan fingerprint density at radius 1 is 1.02 bits per heavy atom. The van der Waals surface area contributed by atoms with Crippen LogP contribution in [-0.4, -0.2) is 65.5 Å². The molecule has 0 aliphatic carbocycles. The number of ether oxygens (including phenoxy) is 1. The molecule has 41 heavy (non-hydrogen) atoms. The van der Waals surface area contributed by atoms with Gasteiger partial charge in [0.2, 0.25) is 0 Å². The molecule has 2 aromatic rings. The topological polar surface area (TPSA) is 192 Å². The second kappa shape index (κ2) is 16.5. The average Bonchev–Trinajstić information content (AvgIpc) is 3.52. The van der Waals surface area contributed by atoms with Crippen molar-refractivity contribution in [2.45, 2.75) is 121 Å². The molecule has 0 aromatic carbocycles. The Kier molecular flexibility index (Phi) is 13.4. The number of hydrogen-bond donors (Lipinski definition) is 4. The summed E-state index contributed by atoms with van der Waals surface area (Å²) in [5, 5.41) is 20.5. The number of rotatable bonds is 21. The molecule has 232 valence electrons. The van der Waals surface area contributed by atoms with E-state index in [-0.39, 0.29) is 18.8 Å². The Bertz CT molecular complexity index is 1130. The van der Waals surface area contributed by atoms with Crippen LogP contribution in [0.5, 0.6) is 0 Å². The summed E-state index contributed by atoms with van der Waals surface area (Å²) in [5.74, 6) is -1.42. The number of nitrogens with zero attached hydrogens (tertiary/aromatic N) is 4. The summed E-state index contributed by atoms with van der Waals surface area (Å²) in [6, 6.07) is 0. The number of aromatic nitrogens is 4. The van der Waals surface area contributed by atoms with Crippen LogP contribution in [0.15, 0.2) is 12.7 Å². The summed E-state index contributed by atoms with van der Waals surface area (Å²) in [6.45, 7) is 1.60. The molecule has 1 fully saturated rings. The average molecular weight is 600 g/mol. The number of unbranched alkanes of at least 4 members (excludes halogenated alkanes) is 13. The van der Waals surface area contributed by atoms with Crippen molar-refractivity contribution in [2.75, 3.05) is 18.9 Å². The molecule has 0 saturated carbocycles. The van der Waals surface area contributed by atoms with Gasteiger partial charge < -0.3 is 25.6 Å². The maximum Gasteiger partial charge on any atom is 0.472 e. The number of nitrogen functional groups attached to an aromatic ring is 1. The summed E-state index contributed by atoms with van der Waals surface area (Å²) in [7, 11) is -4.48. The van der Waals surface area contributed by atoms with Crippen molar-refractivity contribution >= 4 is 30.8 Å². The number of phosphoric ester groups is 1. The molecule has 1 aliphatic heterocycles. The molecule has 0 spiro atoms. The Morgan fingerprint density at radius 2 is 1.61 bits per heavy atom. The molecular formula is C27H46N5O8P. The fraction of sp³-hybridized carbons (Fsp3) is 0.778. The minimum Gasteiger partial charge on any atom is -0.479 e. The van der Waals surface area contributed by atoms with Crippen LogP contribution in [0.25, 0.3) is 11.2 Å². The van der Waals surface area contributed by atoms with Crippen LogP contribution in [0.4, 0.5) is 5.82 Å². The van der Waals surface area contributed by atoms with Gasteiger partial charge in [0.15, 0.2) is 17.1 Å². The predicted molar refractivity (Wildman–Crippen MR) is 153 cm³/mol. The molecule has 1 aliphatic rings. The van der Waals surface area contributed by atoms with Gasteiger partial charge in [0.05, 0.1) is 19.5 Å². The van der Waals surface area contributed by atoms with Gasteiger partial charge in [0.25, 0.3) is 0 Å². The van der Waals surface area contributed by atoms with Gasteiger partial charge in [0.1, 0.15) is 24.2 Å². The first kappa shape index (κ1) is 33.4. The van der Waals surface area contributed by atoms with Crippen molar-refractivity contribution in [2.24, 2.45) is 0 Å².